The minimum absolute atomic E-state index is 0.0652. The number of carbonyl (C=O) groups is 3. The number of nitrogens with one attached hydrogen (secondary N) is 2. The van der Waals surface area contributed by atoms with Crippen LogP contribution in [0, 0.1) is 0 Å². The highest BCUT2D eigenvalue weighted by molar-refractivity contribution is 9.10. The molecule has 0 saturated carbocycles. The van der Waals surface area contributed by atoms with Crippen LogP contribution in [0.4, 0.5) is 0 Å². The predicted molar refractivity (Wildman–Crippen MR) is 77.8 cm³/mol. The highest BCUT2D eigenvalue weighted by atomic mass is 79.9. The van der Waals surface area contributed by atoms with Crippen LogP contribution in [0.5, 0.6) is 0 Å². The standard InChI is InChI=1S/C13H17BrN2O5/c1-2-3-4-8(13(19)20)16-11(17)7-15-12(18)9-5-6-10(14)21-9/h5-6,8H,2-4,7H2,1H3,(H,15,18)(H,16,17)(H,19,20)/t8-/m0/s1. The number of furan rings is 1. The fourth-order valence-electron chi connectivity index (χ4n) is 1.59. The summed E-state index contributed by atoms with van der Waals surface area (Å²) in [4.78, 5) is 34.2. The fraction of sp³-hybridized carbons (Fsp3) is 0.462. The van der Waals surface area contributed by atoms with E-state index in [2.05, 4.69) is 26.6 Å². The van der Waals surface area contributed by atoms with Crippen molar-refractivity contribution in [2.45, 2.75) is 32.2 Å². The molecule has 0 bridgehead atoms. The van der Waals surface area contributed by atoms with Gasteiger partial charge in [-0.15, -0.1) is 0 Å². The van der Waals surface area contributed by atoms with Crippen molar-refractivity contribution in [3.8, 4) is 0 Å². The number of halogens is 1. The molecule has 0 unspecified atom stereocenters. The highest BCUT2D eigenvalue weighted by Crippen LogP contribution is 2.13. The Morgan fingerprint density at radius 2 is 2.10 bits per heavy atom. The summed E-state index contributed by atoms with van der Waals surface area (Å²) < 4.78 is 5.43. The number of aliphatic carboxylic acids is 1. The third-order valence-corrected chi connectivity index (χ3v) is 3.11. The summed E-state index contributed by atoms with van der Waals surface area (Å²) in [6.45, 7) is 1.62. The lowest BCUT2D eigenvalue weighted by molar-refractivity contribution is -0.141. The van der Waals surface area contributed by atoms with Crippen molar-refractivity contribution in [1.29, 1.82) is 0 Å². The number of hydrogen-bond acceptors (Lipinski definition) is 4. The van der Waals surface area contributed by atoms with Crippen LogP contribution in [0.2, 0.25) is 0 Å². The molecule has 116 valence electrons. The first kappa shape index (κ1) is 17.2. The van der Waals surface area contributed by atoms with Crippen molar-refractivity contribution in [2.75, 3.05) is 6.54 Å². The van der Waals surface area contributed by atoms with Gasteiger partial charge in [0.25, 0.3) is 5.91 Å². The number of unbranched alkanes of at least 4 members (excludes halogenated alkanes) is 1. The summed E-state index contributed by atoms with van der Waals surface area (Å²) >= 11 is 3.06. The van der Waals surface area contributed by atoms with E-state index in [1.165, 1.54) is 6.07 Å². The van der Waals surface area contributed by atoms with E-state index in [0.29, 0.717) is 17.5 Å². The second-order valence-corrected chi connectivity index (χ2v) is 5.17. The number of hydrogen-bond donors (Lipinski definition) is 3. The molecule has 1 atom stereocenters. The molecule has 1 aromatic heterocycles. The largest absolute Gasteiger partial charge is 0.480 e. The van der Waals surface area contributed by atoms with Gasteiger partial charge in [0.1, 0.15) is 6.04 Å². The van der Waals surface area contributed by atoms with Gasteiger partial charge in [-0.2, -0.15) is 0 Å². The lowest BCUT2D eigenvalue weighted by Gasteiger charge is -2.14. The summed E-state index contributed by atoms with van der Waals surface area (Å²) in [5.74, 6) is -2.12. The average Bonchev–Trinajstić information content (AvgIpc) is 2.87. The molecule has 8 heteroatoms. The topological polar surface area (TPSA) is 109 Å². The van der Waals surface area contributed by atoms with Gasteiger partial charge in [-0.1, -0.05) is 19.8 Å². The molecule has 0 aliphatic heterocycles. The van der Waals surface area contributed by atoms with Crippen molar-refractivity contribution in [3.63, 3.8) is 0 Å². The molecule has 0 aliphatic rings. The minimum atomic E-state index is -1.09. The maximum Gasteiger partial charge on any atom is 0.326 e. The molecule has 1 aromatic rings. The zero-order valence-electron chi connectivity index (χ0n) is 11.5. The normalized spacial score (nSPS) is 11.7. The Hall–Kier alpha value is -1.83. The molecule has 21 heavy (non-hydrogen) atoms. The second-order valence-electron chi connectivity index (χ2n) is 4.39. The first-order chi connectivity index (χ1) is 9.93. The highest BCUT2D eigenvalue weighted by Gasteiger charge is 2.19. The summed E-state index contributed by atoms with van der Waals surface area (Å²) in [5, 5.41) is 13.7. The van der Waals surface area contributed by atoms with Crippen LogP contribution >= 0.6 is 15.9 Å². The van der Waals surface area contributed by atoms with Crippen LogP contribution in [0.3, 0.4) is 0 Å². The molecule has 3 N–H and O–H groups in total. The van der Waals surface area contributed by atoms with Crippen LogP contribution in [0.25, 0.3) is 0 Å². The Morgan fingerprint density at radius 1 is 1.38 bits per heavy atom. The zero-order chi connectivity index (χ0) is 15.8. The Bertz CT molecular complexity index is 514. The Morgan fingerprint density at radius 3 is 2.62 bits per heavy atom. The van der Waals surface area contributed by atoms with Gasteiger partial charge < -0.3 is 20.2 Å². The Labute approximate surface area is 130 Å². The van der Waals surface area contributed by atoms with E-state index in [-0.39, 0.29) is 12.3 Å². The van der Waals surface area contributed by atoms with E-state index in [9.17, 15) is 14.4 Å². The predicted octanol–water partition coefficient (Wildman–Crippen LogP) is 1.53. The number of carboxylic acid groups (broad SMARTS) is 1. The van der Waals surface area contributed by atoms with Crippen molar-refractivity contribution in [2.24, 2.45) is 0 Å². The van der Waals surface area contributed by atoms with Gasteiger partial charge in [-0.05, 0) is 34.5 Å². The molecule has 0 fully saturated rings. The molecule has 0 spiro atoms. The van der Waals surface area contributed by atoms with Gasteiger partial charge >= 0.3 is 5.97 Å². The van der Waals surface area contributed by atoms with Crippen molar-refractivity contribution in [3.05, 3.63) is 22.6 Å². The van der Waals surface area contributed by atoms with Gasteiger partial charge in [0, 0.05) is 0 Å². The maximum absolute atomic E-state index is 11.6. The SMILES string of the molecule is CCCC[C@H](NC(=O)CNC(=O)c1ccc(Br)o1)C(=O)O. The van der Waals surface area contributed by atoms with Crippen LogP contribution in [-0.4, -0.2) is 35.5 Å². The van der Waals surface area contributed by atoms with Crippen LogP contribution in [-0.2, 0) is 9.59 Å². The molecule has 7 nitrogen and oxygen atoms in total. The molecule has 0 aliphatic carbocycles. The number of amides is 2. The molecule has 0 aromatic carbocycles. The smallest absolute Gasteiger partial charge is 0.326 e. The number of carboxylic acids is 1. The van der Waals surface area contributed by atoms with Crippen LogP contribution in [0.15, 0.2) is 21.2 Å². The third kappa shape index (κ3) is 5.99. The van der Waals surface area contributed by atoms with E-state index >= 15 is 0 Å². The van der Waals surface area contributed by atoms with Crippen LogP contribution in [0.1, 0.15) is 36.7 Å². The van der Waals surface area contributed by atoms with E-state index < -0.39 is 23.8 Å². The van der Waals surface area contributed by atoms with E-state index in [4.69, 9.17) is 9.52 Å². The van der Waals surface area contributed by atoms with E-state index in [0.717, 1.165) is 6.42 Å². The van der Waals surface area contributed by atoms with Gasteiger partial charge in [0.2, 0.25) is 5.91 Å². The summed E-state index contributed by atoms with van der Waals surface area (Å²) in [5.41, 5.74) is 0. The molecular weight excluding hydrogens is 344 g/mol. The number of carbonyl (C=O) groups excluding carboxylic acids is 2. The Balaban J connectivity index is 2.42. The molecule has 0 saturated heterocycles. The van der Waals surface area contributed by atoms with Gasteiger partial charge in [0.05, 0.1) is 6.54 Å². The minimum Gasteiger partial charge on any atom is -0.480 e. The first-order valence-electron chi connectivity index (χ1n) is 6.49. The zero-order valence-corrected chi connectivity index (χ0v) is 13.1. The second kappa shape index (κ2) is 8.46. The maximum atomic E-state index is 11.6. The average molecular weight is 361 g/mol. The van der Waals surface area contributed by atoms with Gasteiger partial charge in [0.15, 0.2) is 10.4 Å². The quantitative estimate of drug-likeness (QED) is 0.651. The monoisotopic (exact) mass is 360 g/mol. The van der Waals surface area contributed by atoms with Gasteiger partial charge in [-0.3, -0.25) is 9.59 Å². The third-order valence-electron chi connectivity index (χ3n) is 2.69. The Kier molecular flexibility index (Phi) is 6.93. The first-order valence-corrected chi connectivity index (χ1v) is 7.29. The van der Waals surface area contributed by atoms with E-state index in [1.807, 2.05) is 6.92 Å². The van der Waals surface area contributed by atoms with Gasteiger partial charge in [-0.25, -0.2) is 4.79 Å². The van der Waals surface area contributed by atoms with Crippen molar-refractivity contribution in [1.82, 2.24) is 10.6 Å². The lowest BCUT2D eigenvalue weighted by atomic mass is 10.1. The van der Waals surface area contributed by atoms with Crippen molar-refractivity contribution >= 4 is 33.7 Å². The van der Waals surface area contributed by atoms with E-state index in [1.54, 1.807) is 6.07 Å². The summed E-state index contributed by atoms with van der Waals surface area (Å²) in [6, 6.07) is 2.07. The number of rotatable bonds is 8. The summed E-state index contributed by atoms with van der Waals surface area (Å²) in [7, 11) is 0. The molecule has 0 radical (unpaired) electrons. The molecular formula is C13H17BrN2O5. The van der Waals surface area contributed by atoms with Crippen LogP contribution < -0.4 is 10.6 Å². The lowest BCUT2D eigenvalue weighted by Crippen LogP contribution is -2.45. The molecule has 1 heterocycles. The molecule has 1 rings (SSSR count). The fourth-order valence-corrected chi connectivity index (χ4v) is 1.90. The summed E-state index contributed by atoms with van der Waals surface area (Å²) in [6.07, 6.45) is 1.89. The van der Waals surface area contributed by atoms with Crippen molar-refractivity contribution < 1.29 is 23.9 Å². The molecule has 2 amide bonds.